The standard InChI is InChI=1S/C22H41O9PS.2Na/c1-3-4-5-8-12-15-22(25)31-20(18-30-32(26,27)28)17-29-21(24)14-11-9-6-7-10-13-16-33-19(2)23;;/h20H,3-18H2,1-2H3,(H2,26,27,28);;/q;2*+1/p-2/t20-;;/m0../s1. The second kappa shape index (κ2) is 26.7. The number of hydrogen-bond acceptors (Lipinski definition) is 10. The second-order valence-corrected chi connectivity index (χ2v) is 10.3. The summed E-state index contributed by atoms with van der Waals surface area (Å²) in [5, 5.41) is 0.134. The van der Waals surface area contributed by atoms with Crippen LogP contribution in [0.1, 0.15) is 97.3 Å². The predicted molar refractivity (Wildman–Crippen MR) is 123 cm³/mol. The molecular formula is C22H39Na2O9PS. The molecule has 0 spiro atoms. The van der Waals surface area contributed by atoms with E-state index in [0.717, 1.165) is 63.5 Å². The van der Waals surface area contributed by atoms with Crippen LogP contribution in [0.2, 0.25) is 0 Å². The number of ether oxygens (including phenoxy) is 2. The van der Waals surface area contributed by atoms with Gasteiger partial charge in [0, 0.05) is 25.5 Å². The smallest absolute Gasteiger partial charge is 0.790 e. The van der Waals surface area contributed by atoms with Gasteiger partial charge in [0.05, 0.1) is 14.4 Å². The van der Waals surface area contributed by atoms with E-state index in [1.807, 2.05) is 0 Å². The van der Waals surface area contributed by atoms with Gasteiger partial charge in [0.2, 0.25) is 0 Å². The van der Waals surface area contributed by atoms with Crippen molar-refractivity contribution in [3.8, 4) is 0 Å². The molecule has 0 amide bonds. The van der Waals surface area contributed by atoms with Crippen LogP contribution in [-0.4, -0.2) is 42.1 Å². The van der Waals surface area contributed by atoms with Crippen LogP contribution < -0.4 is 68.9 Å². The van der Waals surface area contributed by atoms with Gasteiger partial charge in [-0.05, 0) is 19.3 Å². The van der Waals surface area contributed by atoms with Crippen molar-refractivity contribution in [3.05, 3.63) is 0 Å². The van der Waals surface area contributed by atoms with Gasteiger partial charge in [-0.25, -0.2) is 0 Å². The van der Waals surface area contributed by atoms with E-state index >= 15 is 0 Å². The first-order valence-electron chi connectivity index (χ1n) is 11.8. The fraction of sp³-hybridized carbons (Fsp3) is 0.864. The summed E-state index contributed by atoms with van der Waals surface area (Å²) in [6, 6.07) is 0. The Labute approximate surface area is 258 Å². The van der Waals surface area contributed by atoms with E-state index in [1.165, 1.54) is 11.8 Å². The first-order chi connectivity index (χ1) is 15.6. The molecule has 9 nitrogen and oxygen atoms in total. The second-order valence-electron chi connectivity index (χ2n) is 7.91. The molecule has 1 atom stereocenters. The van der Waals surface area contributed by atoms with Gasteiger partial charge in [0.1, 0.15) is 6.61 Å². The molecule has 35 heavy (non-hydrogen) atoms. The number of rotatable bonds is 21. The van der Waals surface area contributed by atoms with E-state index in [9.17, 15) is 28.7 Å². The summed E-state index contributed by atoms with van der Waals surface area (Å²) in [6.07, 6.45) is 9.48. The first kappa shape index (κ1) is 40.6. The summed E-state index contributed by atoms with van der Waals surface area (Å²) in [7, 11) is -5.23. The minimum absolute atomic E-state index is 0. The zero-order valence-corrected chi connectivity index (χ0v) is 27.6. The van der Waals surface area contributed by atoms with Crippen LogP contribution in [0.25, 0.3) is 0 Å². The van der Waals surface area contributed by atoms with Crippen LogP contribution in [0.5, 0.6) is 0 Å². The van der Waals surface area contributed by atoms with Gasteiger partial charge in [-0.1, -0.05) is 70.1 Å². The third-order valence-electron chi connectivity index (χ3n) is 4.71. The Bertz CT molecular complexity index is 605. The van der Waals surface area contributed by atoms with E-state index in [4.69, 9.17) is 9.47 Å². The maximum Gasteiger partial charge on any atom is 1.00 e. The van der Waals surface area contributed by atoms with Crippen molar-refractivity contribution in [2.75, 3.05) is 19.0 Å². The topological polar surface area (TPSA) is 142 Å². The molecule has 0 aromatic rings. The molecule has 0 saturated heterocycles. The van der Waals surface area contributed by atoms with Crippen molar-refractivity contribution in [2.24, 2.45) is 0 Å². The summed E-state index contributed by atoms with van der Waals surface area (Å²) in [6.45, 7) is 2.60. The molecule has 0 aliphatic carbocycles. The average molecular weight is 557 g/mol. The average Bonchev–Trinajstić information content (AvgIpc) is 2.73. The van der Waals surface area contributed by atoms with Crippen LogP contribution in [0.4, 0.5) is 0 Å². The Kier molecular flexibility index (Phi) is 30.9. The number of carbonyl (C=O) groups is 3. The van der Waals surface area contributed by atoms with Crippen molar-refractivity contribution in [1.82, 2.24) is 0 Å². The van der Waals surface area contributed by atoms with Crippen LogP contribution in [-0.2, 0) is 32.9 Å². The molecular weight excluding hydrogens is 517 g/mol. The fourth-order valence-corrected chi connectivity index (χ4v) is 3.95. The monoisotopic (exact) mass is 556 g/mol. The molecule has 0 fully saturated rings. The zero-order chi connectivity index (χ0) is 25.0. The number of unbranched alkanes of at least 4 members (excludes halogenated alkanes) is 9. The molecule has 0 bridgehead atoms. The van der Waals surface area contributed by atoms with E-state index in [2.05, 4.69) is 11.4 Å². The Morgan fingerprint density at radius 2 is 1.31 bits per heavy atom. The zero-order valence-electron chi connectivity index (χ0n) is 21.9. The predicted octanol–water partition coefficient (Wildman–Crippen LogP) is -2.33. The molecule has 13 heteroatoms. The third kappa shape index (κ3) is 31.2. The largest absolute Gasteiger partial charge is 1.00 e. The number of thioether (sulfide) groups is 1. The van der Waals surface area contributed by atoms with Gasteiger partial charge in [0.15, 0.2) is 11.2 Å². The molecule has 0 radical (unpaired) electrons. The number of esters is 2. The van der Waals surface area contributed by atoms with Crippen LogP contribution in [0.15, 0.2) is 0 Å². The summed E-state index contributed by atoms with van der Waals surface area (Å²) in [5.74, 6) is -0.199. The molecule has 0 aromatic heterocycles. The maximum absolute atomic E-state index is 12.0. The van der Waals surface area contributed by atoms with Crippen molar-refractivity contribution in [1.29, 1.82) is 0 Å². The Morgan fingerprint density at radius 3 is 1.86 bits per heavy atom. The number of carbonyl (C=O) groups excluding carboxylic acids is 3. The molecule has 0 aliphatic rings. The van der Waals surface area contributed by atoms with Gasteiger partial charge in [0.25, 0.3) is 0 Å². The summed E-state index contributed by atoms with van der Waals surface area (Å²) < 4.78 is 25.2. The summed E-state index contributed by atoms with van der Waals surface area (Å²) >= 11 is 1.34. The minimum Gasteiger partial charge on any atom is -0.790 e. The molecule has 0 saturated carbocycles. The van der Waals surface area contributed by atoms with Crippen LogP contribution in [0, 0.1) is 0 Å². The van der Waals surface area contributed by atoms with Crippen molar-refractivity contribution in [2.45, 2.75) is 103 Å². The van der Waals surface area contributed by atoms with Gasteiger partial charge in [-0.3, -0.25) is 14.4 Å². The quantitative estimate of drug-likeness (QED) is 0.0654. The van der Waals surface area contributed by atoms with Gasteiger partial charge >= 0.3 is 71.1 Å². The molecule has 0 aliphatic heterocycles. The number of phosphoric acid groups is 1. The molecule has 0 rings (SSSR count). The van der Waals surface area contributed by atoms with E-state index < -0.39 is 32.5 Å². The minimum atomic E-state index is -5.23. The van der Waals surface area contributed by atoms with Crippen LogP contribution >= 0.6 is 19.6 Å². The Balaban J connectivity index is -0.00000512. The normalized spacial score (nSPS) is 11.7. The van der Waals surface area contributed by atoms with E-state index in [1.54, 1.807) is 6.92 Å². The Morgan fingerprint density at radius 1 is 0.800 bits per heavy atom. The number of hydrogen-bond donors (Lipinski definition) is 0. The van der Waals surface area contributed by atoms with Gasteiger partial charge in [-0.15, -0.1) is 0 Å². The summed E-state index contributed by atoms with van der Waals surface area (Å²) in [4.78, 5) is 56.2. The fourth-order valence-electron chi connectivity index (χ4n) is 2.96. The van der Waals surface area contributed by atoms with E-state index in [-0.39, 0.29) is 83.7 Å². The van der Waals surface area contributed by atoms with Crippen LogP contribution in [0.3, 0.4) is 0 Å². The molecule has 0 aromatic carbocycles. The van der Waals surface area contributed by atoms with E-state index in [0.29, 0.717) is 12.8 Å². The molecule has 0 unspecified atom stereocenters. The molecule has 194 valence electrons. The SMILES string of the molecule is CCCCCCCC(=O)O[C@@H](COC(=O)CCCCCCCCSC(C)=O)COP(=O)([O-])[O-].[Na+].[Na+]. The maximum atomic E-state index is 12.0. The number of phosphoric ester groups is 1. The van der Waals surface area contributed by atoms with Gasteiger partial charge in [-0.2, -0.15) is 0 Å². The third-order valence-corrected chi connectivity index (χ3v) is 6.08. The van der Waals surface area contributed by atoms with Crippen molar-refractivity contribution < 1.29 is 102 Å². The van der Waals surface area contributed by atoms with Crippen molar-refractivity contribution in [3.63, 3.8) is 0 Å². The summed E-state index contributed by atoms with van der Waals surface area (Å²) in [5.41, 5.74) is 0. The molecule has 0 heterocycles. The first-order valence-corrected chi connectivity index (χ1v) is 14.2. The van der Waals surface area contributed by atoms with Crippen molar-refractivity contribution >= 4 is 36.6 Å². The van der Waals surface area contributed by atoms with Gasteiger partial charge < -0.3 is 28.3 Å². The molecule has 0 N–H and O–H groups in total. The Hall–Kier alpha value is 1.07.